The van der Waals surface area contributed by atoms with Crippen molar-refractivity contribution in [2.75, 3.05) is 24.6 Å². The number of aliphatic hydroxyl groups excluding tert-OH is 1. The highest BCUT2D eigenvalue weighted by Gasteiger charge is 2.33. The lowest BCUT2D eigenvalue weighted by atomic mass is 9.84. The molecule has 194 valence electrons. The largest absolute Gasteiger partial charge is 0.492 e. The number of aliphatic hydroxyl groups is 1. The molecule has 1 aliphatic rings. The first kappa shape index (κ1) is 23.8. The van der Waals surface area contributed by atoms with Gasteiger partial charge in [-0.25, -0.2) is 13.9 Å². The predicted octanol–water partition coefficient (Wildman–Crippen LogP) is 2.66. The lowest BCUT2D eigenvalue weighted by Gasteiger charge is -2.37. The molecule has 0 aliphatic carbocycles. The summed E-state index contributed by atoms with van der Waals surface area (Å²) in [5.74, 6) is -0.705. The summed E-state index contributed by atoms with van der Waals surface area (Å²) < 4.78 is 21.8. The molecule has 1 aromatic carbocycles. The maximum Gasteiger partial charge on any atom is 0.251 e. The zero-order chi connectivity index (χ0) is 26.4. The number of H-pyrrole nitrogens is 1. The lowest BCUT2D eigenvalue weighted by Crippen LogP contribution is -2.43. The minimum Gasteiger partial charge on any atom is -0.492 e. The number of rotatable bonds is 6. The number of piperidine rings is 1. The van der Waals surface area contributed by atoms with Gasteiger partial charge in [-0.2, -0.15) is 5.10 Å². The summed E-state index contributed by atoms with van der Waals surface area (Å²) in [6.45, 7) is 3.20. The van der Waals surface area contributed by atoms with Crippen LogP contribution in [0.15, 0.2) is 49.1 Å². The number of amides is 1. The third kappa shape index (κ3) is 3.98. The number of ether oxygens (including phenoxy) is 1. The number of halogens is 1. The molecular weight excluding hydrogens is 491 g/mol. The Kier molecular flexibility index (Phi) is 5.87. The first-order valence-corrected chi connectivity index (χ1v) is 12.3. The molecule has 1 saturated heterocycles. The van der Waals surface area contributed by atoms with Crippen molar-refractivity contribution in [2.24, 2.45) is 5.73 Å². The van der Waals surface area contributed by atoms with E-state index in [9.17, 15) is 14.3 Å². The fourth-order valence-electron chi connectivity index (χ4n) is 5.22. The van der Waals surface area contributed by atoms with E-state index in [-0.39, 0.29) is 12.1 Å². The van der Waals surface area contributed by atoms with Crippen LogP contribution < -0.4 is 15.4 Å². The van der Waals surface area contributed by atoms with Crippen LogP contribution in [0.4, 0.5) is 10.2 Å². The topological polar surface area (TPSA) is 148 Å². The Labute approximate surface area is 216 Å². The van der Waals surface area contributed by atoms with Crippen LogP contribution in [0.2, 0.25) is 0 Å². The highest BCUT2D eigenvalue weighted by atomic mass is 19.1. The number of β-amino-alcohol motifs (C(OH)–C–C–N with tert-alkyl or cyclic N) is 1. The second kappa shape index (κ2) is 9.38. The number of nitrogens with one attached hydrogen (secondary N) is 1. The molecule has 0 spiro atoms. The van der Waals surface area contributed by atoms with Crippen LogP contribution in [-0.2, 0) is 0 Å². The number of hydrogen-bond donors (Lipinski definition) is 3. The minimum absolute atomic E-state index is 0.165. The van der Waals surface area contributed by atoms with Crippen LogP contribution in [0.5, 0.6) is 5.75 Å². The number of pyridine rings is 1. The van der Waals surface area contributed by atoms with Gasteiger partial charge in [0.1, 0.15) is 17.4 Å². The van der Waals surface area contributed by atoms with Gasteiger partial charge in [0.2, 0.25) is 0 Å². The maximum atomic E-state index is 14.3. The molecule has 0 radical (unpaired) electrons. The van der Waals surface area contributed by atoms with Gasteiger partial charge < -0.3 is 20.5 Å². The molecule has 5 aromatic rings. The van der Waals surface area contributed by atoms with Crippen molar-refractivity contribution in [1.82, 2.24) is 29.8 Å². The van der Waals surface area contributed by atoms with Crippen molar-refractivity contribution >= 4 is 28.3 Å². The molecule has 0 saturated carbocycles. The number of carbonyl (C=O) groups is 1. The summed E-state index contributed by atoms with van der Waals surface area (Å²) in [6.07, 6.45) is 6.50. The molecular formula is C26H25FN8O3. The number of nitrogens with zero attached hydrogens (tertiary/aromatic N) is 6. The van der Waals surface area contributed by atoms with Gasteiger partial charge in [0.15, 0.2) is 5.65 Å². The summed E-state index contributed by atoms with van der Waals surface area (Å²) >= 11 is 0. The van der Waals surface area contributed by atoms with Crippen molar-refractivity contribution in [1.29, 1.82) is 0 Å². The third-order valence-corrected chi connectivity index (χ3v) is 6.93. The molecule has 12 heteroatoms. The van der Waals surface area contributed by atoms with Crippen LogP contribution in [0.25, 0.3) is 27.8 Å². The number of carbonyl (C=O) groups excluding carboxylic acids is 1. The quantitative estimate of drug-likeness (QED) is 0.312. The Balaban J connectivity index is 1.28. The molecule has 38 heavy (non-hydrogen) atoms. The average molecular weight is 517 g/mol. The molecule has 11 nitrogen and oxygen atoms in total. The van der Waals surface area contributed by atoms with Crippen LogP contribution in [0, 0.1) is 5.82 Å². The Bertz CT molecular complexity index is 1650. The van der Waals surface area contributed by atoms with Gasteiger partial charge in [0, 0.05) is 24.6 Å². The number of aromatic nitrogens is 6. The maximum absolute atomic E-state index is 14.3. The lowest BCUT2D eigenvalue weighted by molar-refractivity contribution is 0.0989. The molecule has 0 bridgehead atoms. The normalized spacial score (nSPS) is 17.8. The average Bonchev–Trinajstić information content (AvgIpc) is 3.49. The van der Waals surface area contributed by atoms with E-state index in [1.54, 1.807) is 29.2 Å². The fraction of sp³-hybridized carbons (Fsp3) is 0.269. The predicted molar refractivity (Wildman–Crippen MR) is 138 cm³/mol. The van der Waals surface area contributed by atoms with Gasteiger partial charge in [-0.15, -0.1) is 5.10 Å². The standard InChI is InChI=1S/C26H25FN8O3/c1-2-38-14-8-17(24-18-9-31-32-26(18)33-35(24)12-14)20-10-30-22(11-29-20)34-7-6-15(21(36)13-34)16-4-3-5-19(27)23(16)25(28)37/h3-5,8-12,15,21,36H,2,6-7,13H2,1H3,(H2,28,37)(H,32,33)/t15-,21+/m0/s1. The zero-order valence-electron chi connectivity index (χ0n) is 20.5. The third-order valence-electron chi connectivity index (χ3n) is 6.93. The Morgan fingerprint density at radius 1 is 1.29 bits per heavy atom. The molecule has 2 atom stereocenters. The number of benzene rings is 1. The van der Waals surface area contributed by atoms with Gasteiger partial charge in [-0.3, -0.25) is 14.9 Å². The van der Waals surface area contributed by atoms with Gasteiger partial charge >= 0.3 is 0 Å². The Morgan fingerprint density at radius 2 is 2.16 bits per heavy atom. The van der Waals surface area contributed by atoms with Gasteiger partial charge in [-0.05, 0) is 31.0 Å². The fourth-order valence-corrected chi connectivity index (χ4v) is 5.22. The molecule has 1 fully saturated rings. The van der Waals surface area contributed by atoms with Crippen LogP contribution in [0.3, 0.4) is 0 Å². The number of primary amides is 1. The first-order valence-electron chi connectivity index (χ1n) is 12.3. The highest BCUT2D eigenvalue weighted by molar-refractivity contribution is 6.00. The van der Waals surface area contributed by atoms with Crippen LogP contribution in [-0.4, -0.2) is 66.6 Å². The molecule has 1 amide bonds. The molecule has 1 aliphatic heterocycles. The van der Waals surface area contributed by atoms with Gasteiger partial charge in [0.25, 0.3) is 5.91 Å². The van der Waals surface area contributed by atoms with Crippen molar-refractivity contribution in [3.63, 3.8) is 0 Å². The summed E-state index contributed by atoms with van der Waals surface area (Å²) in [4.78, 5) is 23.1. The van der Waals surface area contributed by atoms with Crippen molar-refractivity contribution < 1.29 is 19.0 Å². The zero-order valence-corrected chi connectivity index (χ0v) is 20.5. The van der Waals surface area contributed by atoms with Crippen molar-refractivity contribution in [3.8, 4) is 17.0 Å². The summed E-state index contributed by atoms with van der Waals surface area (Å²) in [7, 11) is 0. The summed E-state index contributed by atoms with van der Waals surface area (Å²) in [5.41, 5.74) is 8.58. The monoisotopic (exact) mass is 516 g/mol. The van der Waals surface area contributed by atoms with Gasteiger partial charge in [-0.1, -0.05) is 12.1 Å². The van der Waals surface area contributed by atoms with E-state index in [1.807, 2.05) is 24.1 Å². The molecule has 4 aromatic heterocycles. The van der Waals surface area contributed by atoms with E-state index < -0.39 is 23.7 Å². The first-order chi connectivity index (χ1) is 18.4. The SMILES string of the molecule is CCOc1cc(-c2cnc(N3CC[C@@H](c4cccc(F)c4C(N)=O)[C@H](O)C3)cn2)c2c3cn[nH]c3nn2c1. The summed E-state index contributed by atoms with van der Waals surface area (Å²) in [6, 6.07) is 6.27. The number of nitrogens with two attached hydrogens (primary N) is 1. The smallest absolute Gasteiger partial charge is 0.251 e. The molecule has 5 heterocycles. The van der Waals surface area contributed by atoms with E-state index >= 15 is 0 Å². The van der Waals surface area contributed by atoms with E-state index in [1.165, 1.54) is 12.1 Å². The van der Waals surface area contributed by atoms with Gasteiger partial charge in [0.05, 0.1) is 59.7 Å². The molecule has 6 rings (SSSR count). The number of fused-ring (bicyclic) bond motifs is 3. The second-order valence-electron chi connectivity index (χ2n) is 9.18. The number of aromatic amines is 1. The van der Waals surface area contributed by atoms with Crippen molar-refractivity contribution in [3.05, 3.63) is 66.0 Å². The van der Waals surface area contributed by atoms with Crippen LogP contribution in [0.1, 0.15) is 35.2 Å². The van der Waals surface area contributed by atoms with E-state index in [0.717, 1.165) is 16.5 Å². The molecule has 0 unspecified atom stereocenters. The highest BCUT2D eigenvalue weighted by Crippen LogP contribution is 2.35. The van der Waals surface area contributed by atoms with Crippen LogP contribution >= 0.6 is 0 Å². The van der Waals surface area contributed by atoms with E-state index in [4.69, 9.17) is 10.5 Å². The second-order valence-corrected chi connectivity index (χ2v) is 9.18. The van der Waals surface area contributed by atoms with E-state index in [0.29, 0.717) is 48.0 Å². The number of anilines is 1. The summed E-state index contributed by atoms with van der Waals surface area (Å²) in [5, 5.41) is 23.3. The Morgan fingerprint density at radius 3 is 2.89 bits per heavy atom. The minimum atomic E-state index is -0.853. The van der Waals surface area contributed by atoms with Crippen molar-refractivity contribution in [2.45, 2.75) is 25.4 Å². The molecule has 4 N–H and O–H groups in total. The number of hydrogen-bond acceptors (Lipinski definition) is 8. The van der Waals surface area contributed by atoms with E-state index in [2.05, 4.69) is 25.3 Å². The Hall–Kier alpha value is -4.58.